The first kappa shape index (κ1) is 9.88. The standard InChI is InChI=1S/C14H16O2/c1-14(8-7-13(15)16-14)12-6-5-10-3-2-4-11(10)9-12/h5-6,9H,2-4,7-8H2,1H3. The number of aryl methyl sites for hydroxylation is 2. The number of fused-ring (bicyclic) bond motifs is 1. The summed E-state index contributed by atoms with van der Waals surface area (Å²) in [4.78, 5) is 11.2. The number of hydrogen-bond donors (Lipinski definition) is 0. The molecule has 1 aliphatic heterocycles. The lowest BCUT2D eigenvalue weighted by Gasteiger charge is -2.23. The first-order valence-corrected chi connectivity index (χ1v) is 6.01. The summed E-state index contributed by atoms with van der Waals surface area (Å²) in [5.41, 5.74) is 3.70. The highest BCUT2D eigenvalue weighted by molar-refractivity contribution is 5.72. The summed E-state index contributed by atoms with van der Waals surface area (Å²) in [5, 5.41) is 0. The molecule has 1 saturated heterocycles. The van der Waals surface area contributed by atoms with Crippen LogP contribution in [0.2, 0.25) is 0 Å². The summed E-state index contributed by atoms with van der Waals surface area (Å²) in [6, 6.07) is 6.57. The molecule has 2 aliphatic rings. The predicted octanol–water partition coefficient (Wildman–Crippen LogP) is 2.73. The first-order valence-electron chi connectivity index (χ1n) is 6.01. The van der Waals surface area contributed by atoms with Crippen LogP contribution in [0.4, 0.5) is 0 Å². The molecular formula is C14H16O2. The molecular weight excluding hydrogens is 200 g/mol. The quantitative estimate of drug-likeness (QED) is 0.675. The van der Waals surface area contributed by atoms with Crippen LogP contribution in [0.5, 0.6) is 0 Å². The molecule has 1 aromatic rings. The van der Waals surface area contributed by atoms with Gasteiger partial charge in [-0.05, 0) is 42.9 Å². The second-order valence-corrected chi connectivity index (χ2v) is 5.04. The van der Waals surface area contributed by atoms with E-state index in [2.05, 4.69) is 18.2 Å². The van der Waals surface area contributed by atoms with Crippen molar-refractivity contribution >= 4 is 5.97 Å². The molecule has 0 N–H and O–H groups in total. The molecule has 16 heavy (non-hydrogen) atoms. The minimum Gasteiger partial charge on any atom is -0.454 e. The number of hydrogen-bond acceptors (Lipinski definition) is 2. The number of carbonyl (C=O) groups excluding carboxylic acids is 1. The fourth-order valence-electron chi connectivity index (χ4n) is 2.80. The second-order valence-electron chi connectivity index (χ2n) is 5.04. The van der Waals surface area contributed by atoms with Gasteiger partial charge in [-0.15, -0.1) is 0 Å². The van der Waals surface area contributed by atoms with Gasteiger partial charge in [0, 0.05) is 12.8 Å². The Morgan fingerprint density at radius 1 is 1.19 bits per heavy atom. The number of cyclic esters (lactones) is 1. The highest BCUT2D eigenvalue weighted by Crippen LogP contribution is 2.38. The zero-order valence-corrected chi connectivity index (χ0v) is 9.58. The zero-order chi connectivity index (χ0) is 11.2. The lowest BCUT2D eigenvalue weighted by atomic mass is 9.91. The smallest absolute Gasteiger partial charge is 0.306 e. The molecule has 2 nitrogen and oxygen atoms in total. The molecule has 1 heterocycles. The molecule has 1 unspecified atom stereocenters. The summed E-state index contributed by atoms with van der Waals surface area (Å²) >= 11 is 0. The van der Waals surface area contributed by atoms with Gasteiger partial charge in [0.05, 0.1) is 0 Å². The van der Waals surface area contributed by atoms with E-state index in [0.29, 0.717) is 6.42 Å². The molecule has 1 fully saturated rings. The van der Waals surface area contributed by atoms with Crippen molar-refractivity contribution in [1.29, 1.82) is 0 Å². The van der Waals surface area contributed by atoms with Gasteiger partial charge in [0.2, 0.25) is 0 Å². The topological polar surface area (TPSA) is 26.3 Å². The van der Waals surface area contributed by atoms with Gasteiger partial charge < -0.3 is 4.74 Å². The van der Waals surface area contributed by atoms with Crippen molar-refractivity contribution in [3.8, 4) is 0 Å². The summed E-state index contributed by atoms with van der Waals surface area (Å²) in [6.45, 7) is 2.02. The summed E-state index contributed by atoms with van der Waals surface area (Å²) in [6.07, 6.45) is 4.99. The third kappa shape index (κ3) is 1.44. The summed E-state index contributed by atoms with van der Waals surface area (Å²) in [7, 11) is 0. The van der Waals surface area contributed by atoms with Crippen LogP contribution in [-0.2, 0) is 28.0 Å². The van der Waals surface area contributed by atoms with E-state index in [1.54, 1.807) is 0 Å². The van der Waals surface area contributed by atoms with E-state index in [1.165, 1.54) is 36.0 Å². The lowest BCUT2D eigenvalue weighted by molar-refractivity contribution is -0.147. The average molecular weight is 216 g/mol. The average Bonchev–Trinajstić information content (AvgIpc) is 2.84. The highest BCUT2D eigenvalue weighted by Gasteiger charge is 2.37. The van der Waals surface area contributed by atoms with Crippen molar-refractivity contribution in [2.45, 2.75) is 44.6 Å². The summed E-state index contributed by atoms with van der Waals surface area (Å²) in [5.74, 6) is -0.0667. The molecule has 0 spiro atoms. The molecule has 0 radical (unpaired) electrons. The zero-order valence-electron chi connectivity index (χ0n) is 9.58. The molecule has 0 amide bonds. The van der Waals surface area contributed by atoms with Gasteiger partial charge >= 0.3 is 5.97 Å². The lowest BCUT2D eigenvalue weighted by Crippen LogP contribution is -2.21. The van der Waals surface area contributed by atoms with Crippen LogP contribution in [-0.4, -0.2) is 5.97 Å². The maximum Gasteiger partial charge on any atom is 0.306 e. The van der Waals surface area contributed by atoms with Crippen molar-refractivity contribution in [2.24, 2.45) is 0 Å². The predicted molar refractivity (Wildman–Crippen MR) is 61.1 cm³/mol. The number of rotatable bonds is 1. The first-order chi connectivity index (χ1) is 7.67. The van der Waals surface area contributed by atoms with Crippen molar-refractivity contribution in [3.05, 3.63) is 34.9 Å². The van der Waals surface area contributed by atoms with Crippen LogP contribution in [0.3, 0.4) is 0 Å². The van der Waals surface area contributed by atoms with Crippen molar-refractivity contribution in [2.75, 3.05) is 0 Å². The van der Waals surface area contributed by atoms with E-state index < -0.39 is 0 Å². The van der Waals surface area contributed by atoms with Crippen molar-refractivity contribution in [3.63, 3.8) is 0 Å². The van der Waals surface area contributed by atoms with Gasteiger partial charge in [0.15, 0.2) is 0 Å². The van der Waals surface area contributed by atoms with Crippen LogP contribution in [0.1, 0.15) is 42.9 Å². The molecule has 0 bridgehead atoms. The highest BCUT2D eigenvalue weighted by atomic mass is 16.6. The third-order valence-corrected chi connectivity index (χ3v) is 3.85. The largest absolute Gasteiger partial charge is 0.454 e. The fourth-order valence-corrected chi connectivity index (χ4v) is 2.80. The Morgan fingerprint density at radius 2 is 2.00 bits per heavy atom. The molecule has 1 aliphatic carbocycles. The maximum atomic E-state index is 11.2. The maximum absolute atomic E-state index is 11.2. The monoisotopic (exact) mass is 216 g/mol. The van der Waals surface area contributed by atoms with Crippen molar-refractivity contribution in [1.82, 2.24) is 0 Å². The molecule has 0 saturated carbocycles. The normalized spacial score (nSPS) is 27.9. The number of benzene rings is 1. The van der Waals surface area contributed by atoms with Gasteiger partial charge in [-0.2, -0.15) is 0 Å². The van der Waals surface area contributed by atoms with E-state index in [-0.39, 0.29) is 11.6 Å². The van der Waals surface area contributed by atoms with Crippen molar-refractivity contribution < 1.29 is 9.53 Å². The van der Waals surface area contributed by atoms with Crippen LogP contribution in [0, 0.1) is 0 Å². The minimum atomic E-state index is -0.380. The van der Waals surface area contributed by atoms with Gasteiger partial charge in [-0.1, -0.05) is 18.2 Å². The van der Waals surface area contributed by atoms with E-state index in [4.69, 9.17) is 4.74 Å². The second kappa shape index (κ2) is 3.34. The van der Waals surface area contributed by atoms with Crippen LogP contribution >= 0.6 is 0 Å². The number of ether oxygens (including phenoxy) is 1. The molecule has 1 atom stereocenters. The van der Waals surface area contributed by atoms with Crippen LogP contribution < -0.4 is 0 Å². The van der Waals surface area contributed by atoms with Crippen LogP contribution in [0.15, 0.2) is 18.2 Å². The fraction of sp³-hybridized carbons (Fsp3) is 0.500. The molecule has 3 rings (SSSR count). The third-order valence-electron chi connectivity index (χ3n) is 3.85. The Hall–Kier alpha value is -1.31. The molecule has 84 valence electrons. The van der Waals surface area contributed by atoms with E-state index >= 15 is 0 Å². The Morgan fingerprint density at radius 3 is 2.75 bits per heavy atom. The Bertz CT molecular complexity index is 450. The summed E-state index contributed by atoms with van der Waals surface area (Å²) < 4.78 is 5.46. The van der Waals surface area contributed by atoms with E-state index in [9.17, 15) is 4.79 Å². The number of carbonyl (C=O) groups is 1. The Balaban J connectivity index is 1.98. The van der Waals surface area contributed by atoms with Gasteiger partial charge in [-0.25, -0.2) is 0 Å². The SMILES string of the molecule is CC1(c2ccc3c(c2)CCC3)CCC(=O)O1. The van der Waals surface area contributed by atoms with E-state index in [1.807, 2.05) is 6.92 Å². The van der Waals surface area contributed by atoms with Gasteiger partial charge in [0.25, 0.3) is 0 Å². The molecule has 1 aromatic carbocycles. The Kier molecular flexibility index (Phi) is 2.06. The minimum absolute atomic E-state index is 0.0667. The van der Waals surface area contributed by atoms with E-state index in [0.717, 1.165) is 6.42 Å². The number of esters is 1. The molecule has 2 heteroatoms. The van der Waals surface area contributed by atoms with Gasteiger partial charge in [0.1, 0.15) is 5.60 Å². The van der Waals surface area contributed by atoms with Gasteiger partial charge in [-0.3, -0.25) is 4.79 Å². The van der Waals surface area contributed by atoms with Crippen LogP contribution in [0.25, 0.3) is 0 Å². The molecule has 0 aromatic heterocycles. The Labute approximate surface area is 95.6 Å².